The molecule has 0 radical (unpaired) electrons. The van der Waals surface area contributed by atoms with E-state index in [4.69, 9.17) is 5.11 Å². The van der Waals surface area contributed by atoms with Gasteiger partial charge in [-0.15, -0.1) is 0 Å². The molecule has 1 aromatic rings. The van der Waals surface area contributed by atoms with E-state index in [0.29, 0.717) is 0 Å². The summed E-state index contributed by atoms with van der Waals surface area (Å²) < 4.78 is 0. The van der Waals surface area contributed by atoms with Crippen LogP contribution in [0, 0.1) is 5.92 Å². The molecule has 0 bridgehead atoms. The van der Waals surface area contributed by atoms with Crippen molar-refractivity contribution in [2.45, 2.75) is 38.6 Å². The van der Waals surface area contributed by atoms with Gasteiger partial charge in [-0.3, -0.25) is 0 Å². The van der Waals surface area contributed by atoms with Crippen molar-refractivity contribution in [1.82, 2.24) is 10.2 Å². The van der Waals surface area contributed by atoms with Crippen molar-refractivity contribution in [3.8, 4) is 0 Å². The maximum atomic E-state index is 9.00. The molecule has 0 aliphatic carbocycles. The lowest BCUT2D eigenvalue weighted by Crippen LogP contribution is -2.38. The van der Waals surface area contributed by atoms with Crippen LogP contribution in [0.1, 0.15) is 37.7 Å². The molecule has 0 aromatic heterocycles. The number of aliphatic hydroxyl groups is 1. The number of rotatable bonds is 7. The average molecular weight is 332 g/mol. The summed E-state index contributed by atoms with van der Waals surface area (Å²) in [5.41, 5.74) is 2.77. The highest BCUT2D eigenvalue weighted by Crippen LogP contribution is 2.20. The van der Waals surface area contributed by atoms with Crippen LogP contribution in [-0.4, -0.2) is 55.9 Å². The topological polar surface area (TPSA) is 38.7 Å². The van der Waals surface area contributed by atoms with Crippen LogP contribution in [0.4, 0.5) is 5.69 Å². The molecule has 2 fully saturated rings. The van der Waals surface area contributed by atoms with E-state index in [1.54, 1.807) is 0 Å². The lowest BCUT2D eigenvalue weighted by Gasteiger charge is -2.31. The first-order chi connectivity index (χ1) is 11.8. The van der Waals surface area contributed by atoms with Crippen LogP contribution >= 0.6 is 0 Å². The molecule has 2 saturated heterocycles. The van der Waals surface area contributed by atoms with Crippen molar-refractivity contribution < 1.29 is 5.11 Å². The summed E-state index contributed by atoms with van der Waals surface area (Å²) in [7, 11) is 0. The molecule has 24 heavy (non-hydrogen) atoms. The van der Waals surface area contributed by atoms with Crippen LogP contribution in [0.5, 0.6) is 0 Å². The quantitative estimate of drug-likeness (QED) is 0.805. The highest BCUT2D eigenvalue weighted by Gasteiger charge is 2.18. The number of nitrogens with one attached hydrogen (secondary N) is 1. The first kappa shape index (κ1) is 17.7. The van der Waals surface area contributed by atoms with Crippen molar-refractivity contribution in [3.63, 3.8) is 0 Å². The third-order valence-corrected chi connectivity index (χ3v) is 5.54. The fourth-order valence-corrected chi connectivity index (χ4v) is 3.95. The highest BCUT2D eigenvalue weighted by molar-refractivity contribution is 5.47. The molecule has 2 N–H and O–H groups in total. The molecule has 2 aliphatic rings. The molecular weight excluding hydrogens is 298 g/mol. The van der Waals surface area contributed by atoms with Crippen LogP contribution in [0.25, 0.3) is 0 Å². The Bertz CT molecular complexity index is 462. The highest BCUT2D eigenvalue weighted by atomic mass is 16.3. The molecule has 134 valence electrons. The molecule has 0 amide bonds. The molecule has 0 spiro atoms. The zero-order valence-electron chi connectivity index (χ0n) is 14.9. The minimum atomic E-state index is 0.288. The summed E-state index contributed by atoms with van der Waals surface area (Å²) in [6, 6.07) is 9.13. The number of hydrogen-bond donors (Lipinski definition) is 2. The molecule has 3 rings (SSSR count). The number of piperidine rings is 2. The van der Waals surface area contributed by atoms with Gasteiger partial charge in [-0.1, -0.05) is 12.1 Å². The molecular formula is C20H33N3O. The Labute approximate surface area is 146 Å². The molecule has 2 heterocycles. The fourth-order valence-electron chi connectivity index (χ4n) is 3.95. The summed E-state index contributed by atoms with van der Waals surface area (Å²) in [4.78, 5) is 4.89. The largest absolute Gasteiger partial charge is 0.395 e. The molecule has 4 heteroatoms. The Morgan fingerprint density at radius 3 is 2.33 bits per heavy atom. The van der Waals surface area contributed by atoms with Crippen molar-refractivity contribution in [2.75, 3.05) is 50.8 Å². The third kappa shape index (κ3) is 5.20. The molecule has 1 aromatic carbocycles. The van der Waals surface area contributed by atoms with E-state index in [1.165, 1.54) is 56.4 Å². The summed E-state index contributed by atoms with van der Waals surface area (Å²) >= 11 is 0. The Balaban J connectivity index is 1.36. The monoisotopic (exact) mass is 331 g/mol. The predicted octanol–water partition coefficient (Wildman–Crippen LogP) is 2.47. The Morgan fingerprint density at radius 1 is 0.958 bits per heavy atom. The second kappa shape index (κ2) is 9.40. The summed E-state index contributed by atoms with van der Waals surface area (Å²) in [6.07, 6.45) is 6.56. The standard InChI is InChI=1S/C20H33N3O/c24-15-14-22-12-8-19(9-13-22)17-21-16-18-4-6-20(7-5-18)23-10-2-1-3-11-23/h4-7,19,21,24H,1-3,8-17H2. The van der Waals surface area contributed by atoms with Crippen LogP contribution in [-0.2, 0) is 6.54 Å². The van der Waals surface area contributed by atoms with Gasteiger partial charge >= 0.3 is 0 Å². The van der Waals surface area contributed by atoms with E-state index in [9.17, 15) is 0 Å². The SMILES string of the molecule is OCCN1CCC(CNCc2ccc(N3CCCCC3)cc2)CC1. The maximum Gasteiger partial charge on any atom is 0.0558 e. The van der Waals surface area contributed by atoms with E-state index >= 15 is 0 Å². The van der Waals surface area contributed by atoms with Gasteiger partial charge in [-0.05, 0) is 75.4 Å². The number of aliphatic hydroxyl groups excluding tert-OH is 1. The number of nitrogens with zero attached hydrogens (tertiary/aromatic N) is 2. The summed E-state index contributed by atoms with van der Waals surface area (Å²) in [6.45, 7) is 7.91. The number of anilines is 1. The van der Waals surface area contributed by atoms with Crippen LogP contribution in [0.2, 0.25) is 0 Å². The predicted molar refractivity (Wildman–Crippen MR) is 100 cm³/mol. The van der Waals surface area contributed by atoms with E-state index in [1.807, 2.05) is 0 Å². The number of hydrogen-bond acceptors (Lipinski definition) is 4. The van der Waals surface area contributed by atoms with Gasteiger partial charge in [0, 0.05) is 31.9 Å². The van der Waals surface area contributed by atoms with Crippen LogP contribution in [0.3, 0.4) is 0 Å². The van der Waals surface area contributed by atoms with Crippen LogP contribution in [0.15, 0.2) is 24.3 Å². The first-order valence-corrected chi connectivity index (χ1v) is 9.73. The van der Waals surface area contributed by atoms with E-state index in [2.05, 4.69) is 39.4 Å². The van der Waals surface area contributed by atoms with Gasteiger partial charge in [-0.25, -0.2) is 0 Å². The van der Waals surface area contributed by atoms with Crippen molar-refractivity contribution in [3.05, 3.63) is 29.8 Å². The van der Waals surface area contributed by atoms with Crippen molar-refractivity contribution in [1.29, 1.82) is 0 Å². The second-order valence-corrected chi connectivity index (χ2v) is 7.35. The zero-order valence-corrected chi connectivity index (χ0v) is 14.9. The molecule has 2 aliphatic heterocycles. The average Bonchev–Trinajstić information content (AvgIpc) is 2.65. The Morgan fingerprint density at radius 2 is 1.67 bits per heavy atom. The lowest BCUT2D eigenvalue weighted by molar-refractivity contribution is 0.146. The van der Waals surface area contributed by atoms with Gasteiger partial charge in [0.2, 0.25) is 0 Å². The number of β-amino-alcohol motifs (C(OH)–C–C–N with tert-alkyl or cyclic N) is 1. The number of benzene rings is 1. The molecule has 0 atom stereocenters. The molecule has 4 nitrogen and oxygen atoms in total. The molecule has 0 saturated carbocycles. The van der Waals surface area contributed by atoms with Gasteiger partial charge in [-0.2, -0.15) is 0 Å². The van der Waals surface area contributed by atoms with Crippen molar-refractivity contribution in [2.24, 2.45) is 5.92 Å². The zero-order chi connectivity index (χ0) is 16.6. The Hall–Kier alpha value is -1.10. The van der Waals surface area contributed by atoms with Gasteiger partial charge in [0.05, 0.1) is 6.61 Å². The fraction of sp³-hybridized carbons (Fsp3) is 0.700. The summed E-state index contributed by atoms with van der Waals surface area (Å²) in [5, 5.41) is 12.6. The van der Waals surface area contributed by atoms with E-state index < -0.39 is 0 Å². The lowest BCUT2D eigenvalue weighted by atomic mass is 9.97. The van der Waals surface area contributed by atoms with Gasteiger partial charge in [0.15, 0.2) is 0 Å². The van der Waals surface area contributed by atoms with Crippen molar-refractivity contribution >= 4 is 5.69 Å². The van der Waals surface area contributed by atoms with Gasteiger partial charge in [0.1, 0.15) is 0 Å². The van der Waals surface area contributed by atoms with E-state index in [0.717, 1.165) is 38.6 Å². The van der Waals surface area contributed by atoms with Gasteiger partial charge in [0.25, 0.3) is 0 Å². The van der Waals surface area contributed by atoms with Crippen LogP contribution < -0.4 is 10.2 Å². The Kier molecular flexibility index (Phi) is 6.94. The first-order valence-electron chi connectivity index (χ1n) is 9.73. The number of likely N-dealkylation sites (tertiary alicyclic amines) is 1. The molecule has 0 unspecified atom stereocenters. The maximum absolute atomic E-state index is 9.00. The van der Waals surface area contributed by atoms with E-state index in [-0.39, 0.29) is 6.61 Å². The minimum absolute atomic E-state index is 0.288. The third-order valence-electron chi connectivity index (χ3n) is 5.54. The second-order valence-electron chi connectivity index (χ2n) is 7.35. The smallest absolute Gasteiger partial charge is 0.0558 e. The normalized spacial score (nSPS) is 20.5. The van der Waals surface area contributed by atoms with Gasteiger partial charge < -0.3 is 20.2 Å². The minimum Gasteiger partial charge on any atom is -0.395 e. The summed E-state index contributed by atoms with van der Waals surface area (Å²) in [5.74, 6) is 0.785.